The molecule has 84 valence electrons. The Hall–Kier alpha value is -1.25. The Bertz CT molecular complexity index is 465. The molecule has 16 heavy (non-hydrogen) atoms. The van der Waals surface area contributed by atoms with Crippen LogP contribution in [0, 0.1) is 3.57 Å². The number of aryl methyl sites for hydroxylation is 1. The van der Waals surface area contributed by atoms with Crippen molar-refractivity contribution in [3.63, 3.8) is 0 Å². The number of hydrogen-bond donors (Lipinski definition) is 1. The second-order valence-electron chi connectivity index (χ2n) is 3.39. The van der Waals surface area contributed by atoms with Crippen LogP contribution in [0.2, 0.25) is 0 Å². The van der Waals surface area contributed by atoms with E-state index in [0.717, 1.165) is 9.39 Å². The fraction of sp³-hybridized carbons (Fsp3) is 0.333. The molecule has 0 fully saturated rings. The quantitative estimate of drug-likeness (QED) is 0.862. The van der Waals surface area contributed by atoms with Crippen molar-refractivity contribution in [2.75, 3.05) is 5.32 Å². The number of hydrogen-bond acceptors (Lipinski definition) is 5. The SMILES string of the molecule is CC(Nc1ncc(I)cn1)c1nncn1C. The van der Waals surface area contributed by atoms with E-state index in [1.807, 2.05) is 18.5 Å². The highest BCUT2D eigenvalue weighted by Crippen LogP contribution is 2.13. The number of anilines is 1. The lowest BCUT2D eigenvalue weighted by Gasteiger charge is -2.12. The molecule has 2 heterocycles. The van der Waals surface area contributed by atoms with Gasteiger partial charge in [0.1, 0.15) is 6.33 Å². The van der Waals surface area contributed by atoms with Gasteiger partial charge in [0, 0.05) is 23.0 Å². The van der Waals surface area contributed by atoms with Crippen molar-refractivity contribution in [1.29, 1.82) is 0 Å². The van der Waals surface area contributed by atoms with Crippen molar-refractivity contribution in [2.24, 2.45) is 7.05 Å². The molecule has 0 spiro atoms. The third-order valence-electron chi connectivity index (χ3n) is 2.10. The Morgan fingerprint density at radius 3 is 2.62 bits per heavy atom. The molecule has 2 aromatic heterocycles. The molecule has 1 N–H and O–H groups in total. The number of nitrogens with one attached hydrogen (secondary N) is 1. The topological polar surface area (TPSA) is 68.5 Å². The molecule has 0 saturated carbocycles. The molecule has 0 aliphatic carbocycles. The van der Waals surface area contributed by atoms with Crippen LogP contribution in [-0.4, -0.2) is 24.7 Å². The Morgan fingerprint density at radius 1 is 1.38 bits per heavy atom. The first-order chi connectivity index (χ1) is 7.66. The normalized spacial score (nSPS) is 12.4. The van der Waals surface area contributed by atoms with Crippen LogP contribution in [0.4, 0.5) is 5.95 Å². The van der Waals surface area contributed by atoms with Crippen LogP contribution in [0.3, 0.4) is 0 Å². The van der Waals surface area contributed by atoms with Gasteiger partial charge in [0.15, 0.2) is 5.82 Å². The molecule has 0 saturated heterocycles. The third-order valence-corrected chi connectivity index (χ3v) is 2.66. The molecule has 0 aliphatic heterocycles. The predicted molar refractivity (Wildman–Crippen MR) is 67.8 cm³/mol. The molecule has 1 unspecified atom stereocenters. The van der Waals surface area contributed by atoms with Crippen LogP contribution in [0.15, 0.2) is 18.7 Å². The maximum Gasteiger partial charge on any atom is 0.223 e. The van der Waals surface area contributed by atoms with Gasteiger partial charge in [-0.3, -0.25) is 0 Å². The van der Waals surface area contributed by atoms with Crippen molar-refractivity contribution >= 4 is 28.5 Å². The predicted octanol–water partition coefficient (Wildman–Crippen LogP) is 1.38. The highest BCUT2D eigenvalue weighted by Gasteiger charge is 2.11. The first-order valence-corrected chi connectivity index (χ1v) is 5.82. The molecule has 7 heteroatoms. The molecular formula is C9H11IN6. The van der Waals surface area contributed by atoms with Gasteiger partial charge in [0.05, 0.1) is 6.04 Å². The van der Waals surface area contributed by atoms with Gasteiger partial charge in [-0.1, -0.05) is 0 Å². The van der Waals surface area contributed by atoms with E-state index < -0.39 is 0 Å². The minimum absolute atomic E-state index is 0.0209. The van der Waals surface area contributed by atoms with E-state index in [1.54, 1.807) is 18.7 Å². The lowest BCUT2D eigenvalue weighted by molar-refractivity contribution is 0.712. The molecule has 0 radical (unpaired) electrons. The Labute approximate surface area is 107 Å². The summed E-state index contributed by atoms with van der Waals surface area (Å²) in [6.07, 6.45) is 5.20. The van der Waals surface area contributed by atoms with Crippen molar-refractivity contribution in [1.82, 2.24) is 24.7 Å². The van der Waals surface area contributed by atoms with Crippen LogP contribution < -0.4 is 5.32 Å². The molecule has 6 nitrogen and oxygen atoms in total. The number of rotatable bonds is 3. The molecule has 0 aliphatic rings. The van der Waals surface area contributed by atoms with Gasteiger partial charge in [-0.15, -0.1) is 10.2 Å². The fourth-order valence-electron chi connectivity index (χ4n) is 1.33. The van der Waals surface area contributed by atoms with E-state index in [0.29, 0.717) is 5.95 Å². The second kappa shape index (κ2) is 4.73. The van der Waals surface area contributed by atoms with Gasteiger partial charge in [0.2, 0.25) is 5.95 Å². The summed E-state index contributed by atoms with van der Waals surface area (Å²) >= 11 is 2.17. The molecule has 0 bridgehead atoms. The monoisotopic (exact) mass is 330 g/mol. The zero-order valence-corrected chi connectivity index (χ0v) is 11.1. The van der Waals surface area contributed by atoms with E-state index in [-0.39, 0.29) is 6.04 Å². The lowest BCUT2D eigenvalue weighted by Crippen LogP contribution is -2.13. The largest absolute Gasteiger partial charge is 0.344 e. The van der Waals surface area contributed by atoms with Crippen LogP contribution in [0.25, 0.3) is 0 Å². The van der Waals surface area contributed by atoms with Crippen LogP contribution in [-0.2, 0) is 7.05 Å². The van der Waals surface area contributed by atoms with Crippen molar-refractivity contribution < 1.29 is 0 Å². The first kappa shape index (κ1) is 11.2. The summed E-state index contributed by atoms with van der Waals surface area (Å²) in [4.78, 5) is 8.34. The zero-order chi connectivity index (χ0) is 11.5. The Kier molecular flexibility index (Phi) is 3.32. The van der Waals surface area contributed by atoms with Gasteiger partial charge in [-0.05, 0) is 29.5 Å². The van der Waals surface area contributed by atoms with Gasteiger partial charge >= 0.3 is 0 Å². The molecule has 2 aromatic rings. The summed E-state index contributed by atoms with van der Waals surface area (Å²) in [5, 5.41) is 11.0. The minimum Gasteiger partial charge on any atom is -0.344 e. The van der Waals surface area contributed by atoms with Gasteiger partial charge in [0.25, 0.3) is 0 Å². The minimum atomic E-state index is 0.0209. The Morgan fingerprint density at radius 2 is 2.06 bits per heavy atom. The van der Waals surface area contributed by atoms with Crippen LogP contribution >= 0.6 is 22.6 Å². The van der Waals surface area contributed by atoms with E-state index in [4.69, 9.17) is 0 Å². The third kappa shape index (κ3) is 2.46. The summed E-state index contributed by atoms with van der Waals surface area (Å²) in [5.74, 6) is 1.44. The zero-order valence-electron chi connectivity index (χ0n) is 8.92. The maximum atomic E-state index is 4.17. The van der Waals surface area contributed by atoms with E-state index in [1.165, 1.54) is 0 Å². The number of aromatic nitrogens is 5. The van der Waals surface area contributed by atoms with Gasteiger partial charge in [-0.2, -0.15) is 0 Å². The van der Waals surface area contributed by atoms with Crippen molar-refractivity contribution in [3.05, 3.63) is 28.1 Å². The van der Waals surface area contributed by atoms with Crippen molar-refractivity contribution in [2.45, 2.75) is 13.0 Å². The second-order valence-corrected chi connectivity index (χ2v) is 4.64. The summed E-state index contributed by atoms with van der Waals surface area (Å²) in [6, 6.07) is 0.0209. The molecular weight excluding hydrogens is 319 g/mol. The average molecular weight is 330 g/mol. The van der Waals surface area contributed by atoms with E-state index >= 15 is 0 Å². The maximum absolute atomic E-state index is 4.17. The van der Waals surface area contributed by atoms with Crippen LogP contribution in [0.1, 0.15) is 18.8 Å². The van der Waals surface area contributed by atoms with E-state index in [9.17, 15) is 0 Å². The number of halogens is 1. The standard InChI is InChI=1S/C9H11IN6/c1-6(8-15-13-5-16(8)2)14-9-11-3-7(10)4-12-9/h3-6H,1-2H3,(H,11,12,14). The summed E-state index contributed by atoms with van der Waals surface area (Å²) in [5.41, 5.74) is 0. The van der Waals surface area contributed by atoms with Crippen LogP contribution in [0.5, 0.6) is 0 Å². The van der Waals surface area contributed by atoms with Gasteiger partial charge in [-0.25, -0.2) is 9.97 Å². The van der Waals surface area contributed by atoms with E-state index in [2.05, 4.69) is 48.1 Å². The fourth-order valence-corrected chi connectivity index (χ4v) is 1.61. The first-order valence-electron chi connectivity index (χ1n) is 4.75. The highest BCUT2D eigenvalue weighted by atomic mass is 127. The average Bonchev–Trinajstić information content (AvgIpc) is 2.68. The summed E-state index contributed by atoms with van der Waals surface area (Å²) in [6.45, 7) is 1.99. The summed E-state index contributed by atoms with van der Waals surface area (Å²) < 4.78 is 2.87. The van der Waals surface area contributed by atoms with Gasteiger partial charge < -0.3 is 9.88 Å². The molecule has 0 amide bonds. The molecule has 2 rings (SSSR count). The lowest BCUT2D eigenvalue weighted by atomic mass is 10.3. The smallest absolute Gasteiger partial charge is 0.223 e. The van der Waals surface area contributed by atoms with Crippen molar-refractivity contribution in [3.8, 4) is 0 Å². The number of nitrogens with zero attached hydrogens (tertiary/aromatic N) is 5. The molecule has 0 aromatic carbocycles. The Balaban J connectivity index is 2.10. The summed E-state index contributed by atoms with van der Waals surface area (Å²) in [7, 11) is 1.91. The molecule has 1 atom stereocenters. The highest BCUT2D eigenvalue weighted by molar-refractivity contribution is 14.1.